The van der Waals surface area contributed by atoms with E-state index in [-0.39, 0.29) is 17.5 Å². The number of esters is 1. The minimum Gasteiger partial charge on any atom is -0.464 e. The van der Waals surface area contributed by atoms with E-state index in [1.165, 1.54) is 12.7 Å². The first-order valence-corrected chi connectivity index (χ1v) is 8.81. The minimum absolute atomic E-state index is 0.00596. The number of ether oxygens (including phenoxy) is 1. The van der Waals surface area contributed by atoms with Gasteiger partial charge in [-0.2, -0.15) is 0 Å². The first-order chi connectivity index (χ1) is 12.7. The van der Waals surface area contributed by atoms with E-state index in [0.29, 0.717) is 12.1 Å². The zero-order valence-electron chi connectivity index (χ0n) is 14.7. The molecule has 2 aliphatic heterocycles. The van der Waals surface area contributed by atoms with Crippen LogP contribution in [0.5, 0.6) is 0 Å². The second kappa shape index (κ2) is 6.88. The maximum atomic E-state index is 12.6. The van der Waals surface area contributed by atoms with Gasteiger partial charge in [0.2, 0.25) is 0 Å². The second-order valence-electron chi connectivity index (χ2n) is 6.75. The Bertz CT molecular complexity index is 837. The first-order valence-electron chi connectivity index (χ1n) is 8.81. The lowest BCUT2D eigenvalue weighted by Crippen LogP contribution is -2.55. The Hall–Kier alpha value is -2.73. The topological polar surface area (TPSA) is 62.7 Å². The van der Waals surface area contributed by atoms with Crippen LogP contribution in [-0.4, -0.2) is 54.4 Å². The maximum absolute atomic E-state index is 12.6. The highest BCUT2D eigenvalue weighted by molar-refractivity contribution is 6.03. The standard InChI is InChI=1S/C20H21N3O3/c1-26-20(25)16-7-8-17-19(21-16)18(24)11-15-13-22(9-10-23(15)17)12-14-5-3-2-4-6-14/h2-8,15H,9-13H2,1H3. The summed E-state index contributed by atoms with van der Waals surface area (Å²) in [5, 5.41) is 0. The van der Waals surface area contributed by atoms with E-state index < -0.39 is 5.97 Å². The van der Waals surface area contributed by atoms with Crippen molar-refractivity contribution in [2.24, 2.45) is 0 Å². The van der Waals surface area contributed by atoms with E-state index in [2.05, 4.69) is 39.0 Å². The molecule has 0 radical (unpaired) electrons. The fourth-order valence-corrected chi connectivity index (χ4v) is 3.81. The lowest BCUT2D eigenvalue weighted by Gasteiger charge is -2.45. The number of ketones is 1. The summed E-state index contributed by atoms with van der Waals surface area (Å²) >= 11 is 0. The molecule has 1 fully saturated rings. The van der Waals surface area contributed by atoms with Gasteiger partial charge in [-0.15, -0.1) is 0 Å². The first kappa shape index (κ1) is 16.7. The van der Waals surface area contributed by atoms with Crippen molar-refractivity contribution in [1.29, 1.82) is 0 Å². The van der Waals surface area contributed by atoms with Gasteiger partial charge in [0.15, 0.2) is 5.78 Å². The number of aromatic nitrogens is 1. The number of fused-ring (bicyclic) bond motifs is 3. The van der Waals surface area contributed by atoms with Crippen molar-refractivity contribution in [2.45, 2.75) is 19.0 Å². The molecule has 2 aromatic rings. The van der Waals surface area contributed by atoms with Crippen molar-refractivity contribution in [3.63, 3.8) is 0 Å². The number of hydrogen-bond donors (Lipinski definition) is 0. The highest BCUT2D eigenvalue weighted by Gasteiger charge is 2.36. The summed E-state index contributed by atoms with van der Waals surface area (Å²) in [6.45, 7) is 3.51. The van der Waals surface area contributed by atoms with Crippen LogP contribution in [-0.2, 0) is 11.3 Å². The summed E-state index contributed by atoms with van der Waals surface area (Å²) in [6, 6.07) is 14.0. The molecule has 0 saturated carbocycles. The Morgan fingerprint density at radius 3 is 2.77 bits per heavy atom. The van der Waals surface area contributed by atoms with Crippen LogP contribution in [0.3, 0.4) is 0 Å². The summed E-state index contributed by atoms with van der Waals surface area (Å²) in [6.07, 6.45) is 0.427. The average Bonchev–Trinajstić information content (AvgIpc) is 2.68. The van der Waals surface area contributed by atoms with E-state index in [9.17, 15) is 9.59 Å². The molecule has 134 valence electrons. The minimum atomic E-state index is -0.518. The second-order valence-corrected chi connectivity index (χ2v) is 6.75. The number of Topliss-reactive ketones (excluding diaryl/α,β-unsaturated/α-hetero) is 1. The molecule has 2 aliphatic rings. The van der Waals surface area contributed by atoms with Crippen LogP contribution in [0.25, 0.3) is 0 Å². The van der Waals surface area contributed by atoms with Gasteiger partial charge in [0.05, 0.1) is 12.8 Å². The molecule has 26 heavy (non-hydrogen) atoms. The Morgan fingerprint density at radius 2 is 2.00 bits per heavy atom. The zero-order chi connectivity index (χ0) is 18.1. The van der Waals surface area contributed by atoms with Crippen LogP contribution in [0.1, 0.15) is 33.0 Å². The monoisotopic (exact) mass is 351 g/mol. The lowest BCUT2D eigenvalue weighted by molar-refractivity contribution is 0.0594. The van der Waals surface area contributed by atoms with Crippen molar-refractivity contribution >= 4 is 17.4 Å². The van der Waals surface area contributed by atoms with Crippen LogP contribution < -0.4 is 4.90 Å². The Labute approximate surface area is 152 Å². The van der Waals surface area contributed by atoms with Crippen molar-refractivity contribution < 1.29 is 14.3 Å². The normalized spacial score (nSPS) is 19.7. The van der Waals surface area contributed by atoms with E-state index in [1.54, 1.807) is 6.07 Å². The van der Waals surface area contributed by atoms with Gasteiger partial charge in [-0.3, -0.25) is 9.69 Å². The molecule has 0 aliphatic carbocycles. The number of anilines is 1. The van der Waals surface area contributed by atoms with Gasteiger partial charge < -0.3 is 9.64 Å². The predicted octanol–water partition coefficient (Wildman–Crippen LogP) is 2.15. The van der Waals surface area contributed by atoms with E-state index in [1.807, 2.05) is 12.1 Å². The molecule has 0 bridgehead atoms. The van der Waals surface area contributed by atoms with Crippen LogP contribution in [0.4, 0.5) is 5.69 Å². The van der Waals surface area contributed by atoms with Crippen LogP contribution in [0.15, 0.2) is 42.5 Å². The van der Waals surface area contributed by atoms with Gasteiger partial charge in [0.25, 0.3) is 0 Å². The summed E-state index contributed by atoms with van der Waals surface area (Å²) in [4.78, 5) is 33.2. The van der Waals surface area contributed by atoms with Crippen molar-refractivity contribution in [3.05, 3.63) is 59.4 Å². The molecule has 1 atom stereocenters. The van der Waals surface area contributed by atoms with Gasteiger partial charge >= 0.3 is 5.97 Å². The molecule has 6 heteroatoms. The van der Waals surface area contributed by atoms with Crippen LogP contribution >= 0.6 is 0 Å². The number of rotatable bonds is 3. The summed E-state index contributed by atoms with van der Waals surface area (Å²) < 4.78 is 4.71. The van der Waals surface area contributed by atoms with Gasteiger partial charge in [0.1, 0.15) is 11.4 Å². The highest BCUT2D eigenvalue weighted by Crippen LogP contribution is 2.32. The number of piperazine rings is 1. The number of methoxy groups -OCH3 is 1. The number of carbonyl (C=O) groups excluding carboxylic acids is 2. The molecule has 0 N–H and O–H groups in total. The fourth-order valence-electron chi connectivity index (χ4n) is 3.81. The molecule has 1 unspecified atom stereocenters. The Morgan fingerprint density at radius 1 is 1.19 bits per heavy atom. The molecule has 6 nitrogen and oxygen atoms in total. The molecule has 0 spiro atoms. The fraction of sp³-hybridized carbons (Fsp3) is 0.350. The van der Waals surface area contributed by atoms with Gasteiger partial charge in [0, 0.05) is 38.6 Å². The van der Waals surface area contributed by atoms with E-state index >= 15 is 0 Å². The number of pyridine rings is 1. The predicted molar refractivity (Wildman–Crippen MR) is 97.4 cm³/mol. The lowest BCUT2D eigenvalue weighted by atomic mass is 9.95. The van der Waals surface area contributed by atoms with Gasteiger partial charge in [-0.05, 0) is 17.7 Å². The maximum Gasteiger partial charge on any atom is 0.356 e. The number of hydrogen-bond acceptors (Lipinski definition) is 6. The molecule has 1 aromatic carbocycles. The Kier molecular flexibility index (Phi) is 4.42. The molecular weight excluding hydrogens is 330 g/mol. The van der Waals surface area contributed by atoms with Crippen molar-refractivity contribution in [1.82, 2.24) is 9.88 Å². The number of benzene rings is 1. The number of nitrogens with zero attached hydrogens (tertiary/aromatic N) is 3. The third-order valence-electron chi connectivity index (χ3n) is 5.08. The van der Waals surface area contributed by atoms with Crippen LogP contribution in [0.2, 0.25) is 0 Å². The highest BCUT2D eigenvalue weighted by atomic mass is 16.5. The molecular formula is C20H21N3O3. The summed E-state index contributed by atoms with van der Waals surface area (Å²) in [5.74, 6) is -0.524. The number of carbonyl (C=O) groups is 2. The quantitative estimate of drug-likeness (QED) is 0.790. The summed E-state index contributed by atoms with van der Waals surface area (Å²) in [5.41, 5.74) is 2.69. The third kappa shape index (κ3) is 3.08. The molecule has 4 rings (SSSR count). The van der Waals surface area contributed by atoms with E-state index in [4.69, 9.17) is 4.74 Å². The van der Waals surface area contributed by atoms with Crippen molar-refractivity contribution in [3.8, 4) is 0 Å². The van der Waals surface area contributed by atoms with Gasteiger partial charge in [-0.1, -0.05) is 30.3 Å². The molecule has 0 amide bonds. The third-order valence-corrected chi connectivity index (χ3v) is 5.08. The molecule has 1 aromatic heterocycles. The largest absolute Gasteiger partial charge is 0.464 e. The SMILES string of the molecule is COC(=O)c1ccc2c(n1)C(=O)CC1CN(Cc3ccccc3)CCN21. The Balaban J connectivity index is 1.53. The smallest absolute Gasteiger partial charge is 0.356 e. The molecule has 1 saturated heterocycles. The average molecular weight is 351 g/mol. The summed E-state index contributed by atoms with van der Waals surface area (Å²) in [7, 11) is 1.31. The zero-order valence-corrected chi connectivity index (χ0v) is 14.7. The van der Waals surface area contributed by atoms with Crippen molar-refractivity contribution in [2.75, 3.05) is 31.6 Å². The molecule has 3 heterocycles. The van der Waals surface area contributed by atoms with Crippen LogP contribution in [0, 0.1) is 0 Å². The van der Waals surface area contributed by atoms with E-state index in [0.717, 1.165) is 31.9 Å². The van der Waals surface area contributed by atoms with Gasteiger partial charge in [-0.25, -0.2) is 9.78 Å².